The largest absolute Gasteiger partial charge is 0.416 e. The number of rotatable bonds is 4. The Hall–Kier alpha value is -2.62. The minimum absolute atomic E-state index is 0.0145. The van der Waals surface area contributed by atoms with Crippen LogP contribution in [0.25, 0.3) is 11.6 Å². The van der Waals surface area contributed by atoms with Crippen molar-refractivity contribution in [2.75, 3.05) is 0 Å². The molecule has 2 rings (SSSR count). The summed E-state index contributed by atoms with van der Waals surface area (Å²) in [6.07, 6.45) is 0.508. The van der Waals surface area contributed by atoms with Crippen LogP contribution in [0.1, 0.15) is 11.1 Å². The number of allylic oxidation sites excluding steroid dienone is 2. The number of benzene rings is 2. The number of alkyl halides is 3. The van der Waals surface area contributed by atoms with Gasteiger partial charge in [0, 0.05) is 11.8 Å². The molecule has 2 aromatic rings. The van der Waals surface area contributed by atoms with Gasteiger partial charge in [-0.05, 0) is 17.7 Å². The zero-order chi connectivity index (χ0) is 16.0. The smallest absolute Gasteiger partial charge is 0.256 e. The van der Waals surface area contributed by atoms with Crippen LogP contribution < -0.4 is 0 Å². The standard InChI is InChI=1S/C18H14F3N/c1-14(18(19,20)21)16-11-5-6-12-17(16)22-13-7-10-15-8-3-2-4-9-15/h2-13H,1H2/b10-7+,22-13?. The highest BCUT2D eigenvalue weighted by atomic mass is 19.4. The second-order valence-electron chi connectivity index (χ2n) is 4.54. The van der Waals surface area contributed by atoms with Crippen molar-refractivity contribution in [2.24, 2.45) is 4.99 Å². The fourth-order valence-corrected chi connectivity index (χ4v) is 1.84. The van der Waals surface area contributed by atoms with Crippen molar-refractivity contribution in [1.82, 2.24) is 0 Å². The Morgan fingerprint density at radius 3 is 2.27 bits per heavy atom. The van der Waals surface area contributed by atoms with Crippen LogP contribution in [-0.4, -0.2) is 12.4 Å². The van der Waals surface area contributed by atoms with Crippen molar-refractivity contribution < 1.29 is 13.2 Å². The number of aliphatic imine (C=N–C) groups is 1. The Bertz CT molecular complexity index is 698. The lowest BCUT2D eigenvalue weighted by Crippen LogP contribution is -2.09. The van der Waals surface area contributed by atoms with E-state index in [9.17, 15) is 13.2 Å². The monoisotopic (exact) mass is 301 g/mol. The normalized spacial score (nSPS) is 12.1. The summed E-state index contributed by atoms with van der Waals surface area (Å²) in [7, 11) is 0. The van der Waals surface area contributed by atoms with Crippen molar-refractivity contribution in [2.45, 2.75) is 6.18 Å². The van der Waals surface area contributed by atoms with E-state index >= 15 is 0 Å². The molecule has 0 aliphatic rings. The summed E-state index contributed by atoms with van der Waals surface area (Å²) < 4.78 is 38.3. The number of halogens is 3. The van der Waals surface area contributed by atoms with E-state index in [1.54, 1.807) is 12.1 Å². The van der Waals surface area contributed by atoms with Gasteiger partial charge in [-0.2, -0.15) is 13.2 Å². The van der Waals surface area contributed by atoms with Gasteiger partial charge in [-0.3, -0.25) is 4.99 Å². The predicted octanol–water partition coefficient (Wildman–Crippen LogP) is 5.68. The molecule has 1 nitrogen and oxygen atoms in total. The fraction of sp³-hybridized carbons (Fsp3) is 0.0556. The molecule has 0 aliphatic heterocycles. The third kappa shape index (κ3) is 4.19. The van der Waals surface area contributed by atoms with Crippen molar-refractivity contribution in [3.05, 3.63) is 78.4 Å². The van der Waals surface area contributed by atoms with Gasteiger partial charge in [0.1, 0.15) is 0 Å². The zero-order valence-corrected chi connectivity index (χ0v) is 11.7. The predicted molar refractivity (Wildman–Crippen MR) is 85.2 cm³/mol. The average Bonchev–Trinajstić information content (AvgIpc) is 2.51. The Morgan fingerprint density at radius 1 is 0.955 bits per heavy atom. The van der Waals surface area contributed by atoms with Crippen LogP contribution >= 0.6 is 0 Å². The Morgan fingerprint density at radius 2 is 1.59 bits per heavy atom. The van der Waals surface area contributed by atoms with E-state index < -0.39 is 11.7 Å². The molecule has 0 aliphatic carbocycles. The quantitative estimate of drug-likeness (QED) is 0.644. The van der Waals surface area contributed by atoms with Gasteiger partial charge >= 0.3 is 6.18 Å². The van der Waals surface area contributed by atoms with Gasteiger partial charge in [-0.1, -0.05) is 61.2 Å². The second-order valence-corrected chi connectivity index (χ2v) is 4.54. The Kier molecular flexibility index (Phi) is 4.94. The summed E-state index contributed by atoms with van der Waals surface area (Å²) in [4.78, 5) is 4.08. The van der Waals surface area contributed by atoms with Gasteiger partial charge in [-0.15, -0.1) is 0 Å². The lowest BCUT2D eigenvalue weighted by Gasteiger charge is -2.11. The molecule has 0 fully saturated rings. The summed E-state index contributed by atoms with van der Waals surface area (Å²) in [6.45, 7) is 3.12. The molecule has 0 saturated heterocycles. The summed E-state index contributed by atoms with van der Waals surface area (Å²) in [5.74, 6) is 0. The molecule has 0 spiro atoms. The van der Waals surface area contributed by atoms with E-state index in [4.69, 9.17) is 0 Å². The topological polar surface area (TPSA) is 12.4 Å². The van der Waals surface area contributed by atoms with Gasteiger partial charge in [0.05, 0.1) is 11.3 Å². The Balaban J connectivity index is 2.18. The summed E-state index contributed by atoms with van der Waals surface area (Å²) >= 11 is 0. The maximum atomic E-state index is 12.8. The SMILES string of the molecule is C=C(c1ccccc1N=C/C=C/c1ccccc1)C(F)(F)F. The fourth-order valence-electron chi connectivity index (χ4n) is 1.84. The van der Waals surface area contributed by atoms with Gasteiger partial charge < -0.3 is 0 Å². The third-order valence-electron chi connectivity index (χ3n) is 2.96. The van der Waals surface area contributed by atoms with E-state index in [0.29, 0.717) is 0 Å². The van der Waals surface area contributed by atoms with Gasteiger partial charge in [0.25, 0.3) is 0 Å². The maximum Gasteiger partial charge on any atom is 0.416 e. The van der Waals surface area contributed by atoms with Crippen LogP contribution in [0.4, 0.5) is 18.9 Å². The molecule has 4 heteroatoms. The molecular formula is C18H14F3N. The van der Waals surface area contributed by atoms with Crippen molar-refractivity contribution >= 4 is 23.6 Å². The Labute approximate surface area is 127 Å². The number of para-hydroxylation sites is 1. The maximum absolute atomic E-state index is 12.8. The molecule has 112 valence electrons. The van der Waals surface area contributed by atoms with E-state index in [-0.39, 0.29) is 11.3 Å². The molecule has 2 aromatic carbocycles. The number of hydrogen-bond acceptors (Lipinski definition) is 1. The van der Waals surface area contributed by atoms with Crippen molar-refractivity contribution in [3.63, 3.8) is 0 Å². The molecule has 0 bridgehead atoms. The van der Waals surface area contributed by atoms with Crippen molar-refractivity contribution in [3.8, 4) is 0 Å². The molecule has 22 heavy (non-hydrogen) atoms. The first-order valence-electron chi connectivity index (χ1n) is 6.60. The van der Waals surface area contributed by atoms with Gasteiger partial charge in [0.2, 0.25) is 0 Å². The molecule has 0 heterocycles. The average molecular weight is 301 g/mol. The molecule has 0 atom stereocenters. The third-order valence-corrected chi connectivity index (χ3v) is 2.96. The summed E-state index contributed by atoms with van der Waals surface area (Å²) in [5, 5.41) is 0. The van der Waals surface area contributed by atoms with E-state index in [2.05, 4.69) is 11.6 Å². The molecule has 0 N–H and O–H groups in total. The van der Waals surface area contributed by atoms with Crippen LogP contribution in [-0.2, 0) is 0 Å². The summed E-state index contributed by atoms with van der Waals surface area (Å²) in [5.41, 5.74) is 0.316. The minimum Gasteiger partial charge on any atom is -0.256 e. The van der Waals surface area contributed by atoms with E-state index in [0.717, 1.165) is 5.56 Å². The lowest BCUT2D eigenvalue weighted by molar-refractivity contribution is -0.0686. The highest BCUT2D eigenvalue weighted by Gasteiger charge is 2.33. The molecule has 0 aromatic heterocycles. The van der Waals surface area contributed by atoms with E-state index in [1.807, 2.05) is 36.4 Å². The number of nitrogens with zero attached hydrogens (tertiary/aromatic N) is 1. The molecule has 0 amide bonds. The molecule has 0 radical (unpaired) electrons. The molecule has 0 saturated carbocycles. The minimum atomic E-state index is -4.47. The first-order valence-corrected chi connectivity index (χ1v) is 6.60. The first kappa shape index (κ1) is 15.8. The van der Waals surface area contributed by atoms with E-state index in [1.165, 1.54) is 24.4 Å². The van der Waals surface area contributed by atoms with Crippen LogP contribution in [0.15, 0.2) is 72.2 Å². The zero-order valence-electron chi connectivity index (χ0n) is 11.7. The highest BCUT2D eigenvalue weighted by Crippen LogP contribution is 2.36. The summed E-state index contributed by atoms with van der Waals surface area (Å²) in [6, 6.07) is 15.6. The lowest BCUT2D eigenvalue weighted by atomic mass is 10.1. The number of hydrogen-bond donors (Lipinski definition) is 0. The van der Waals surface area contributed by atoms with Crippen LogP contribution in [0, 0.1) is 0 Å². The van der Waals surface area contributed by atoms with Crippen LogP contribution in [0.5, 0.6) is 0 Å². The van der Waals surface area contributed by atoms with Gasteiger partial charge in [-0.25, -0.2) is 0 Å². The van der Waals surface area contributed by atoms with Crippen LogP contribution in [0.3, 0.4) is 0 Å². The molecule has 0 unspecified atom stereocenters. The van der Waals surface area contributed by atoms with Crippen molar-refractivity contribution in [1.29, 1.82) is 0 Å². The molecular weight excluding hydrogens is 287 g/mol. The second kappa shape index (κ2) is 6.89. The van der Waals surface area contributed by atoms with Gasteiger partial charge in [0.15, 0.2) is 0 Å². The first-order chi connectivity index (χ1) is 10.5. The van der Waals surface area contributed by atoms with Crippen LogP contribution in [0.2, 0.25) is 0 Å². The highest BCUT2D eigenvalue weighted by molar-refractivity contribution is 5.84.